The molecule has 0 bridgehead atoms. The smallest absolute Gasteiger partial charge is 0.189 e. The van der Waals surface area contributed by atoms with Gasteiger partial charge < -0.3 is 5.32 Å². The monoisotopic (exact) mass is 206 g/mol. The molecule has 4 nitrogen and oxygen atoms in total. The number of aromatic nitrogens is 3. The van der Waals surface area contributed by atoms with E-state index in [9.17, 15) is 0 Å². The quantitative estimate of drug-likeness (QED) is 0.823. The van der Waals surface area contributed by atoms with Gasteiger partial charge in [-0.05, 0) is 12.8 Å². The summed E-state index contributed by atoms with van der Waals surface area (Å²) in [5.74, 6) is 0. The van der Waals surface area contributed by atoms with Gasteiger partial charge in [0.25, 0.3) is 0 Å². The first-order chi connectivity index (χ1) is 6.92. The first-order valence-electron chi connectivity index (χ1n) is 4.71. The molecule has 0 saturated heterocycles. The fraction of sp³-hybridized carbons (Fsp3) is 0.444. The summed E-state index contributed by atoms with van der Waals surface area (Å²) in [4.78, 5) is 13.7. The van der Waals surface area contributed by atoms with Gasteiger partial charge in [0.15, 0.2) is 10.5 Å². The molecule has 0 aromatic carbocycles. The Morgan fingerprint density at radius 3 is 3.00 bits per heavy atom. The van der Waals surface area contributed by atoms with Crippen molar-refractivity contribution in [3.8, 4) is 0 Å². The molecule has 3 rings (SSSR count). The highest BCUT2D eigenvalue weighted by atomic mass is 32.1. The predicted octanol–water partition coefficient (Wildman–Crippen LogP) is 1.34. The van der Waals surface area contributed by atoms with Gasteiger partial charge in [-0.15, -0.1) is 0 Å². The van der Waals surface area contributed by atoms with Crippen LogP contribution < -0.4 is 5.32 Å². The van der Waals surface area contributed by atoms with Crippen LogP contribution in [0.1, 0.15) is 17.8 Å². The van der Waals surface area contributed by atoms with Gasteiger partial charge in [-0.2, -0.15) is 0 Å². The summed E-state index contributed by atoms with van der Waals surface area (Å²) in [6.45, 7) is 0.855. The lowest BCUT2D eigenvalue weighted by atomic mass is 10.6. The van der Waals surface area contributed by atoms with E-state index in [2.05, 4.69) is 20.3 Å². The SMILES string of the molecule is c1cnc2sc(CNC3CC3)nc2n1. The second-order valence-corrected chi connectivity index (χ2v) is 4.51. The fourth-order valence-electron chi connectivity index (χ4n) is 1.31. The van der Waals surface area contributed by atoms with E-state index in [4.69, 9.17) is 0 Å². The van der Waals surface area contributed by atoms with E-state index >= 15 is 0 Å². The summed E-state index contributed by atoms with van der Waals surface area (Å²) in [7, 11) is 0. The highest BCUT2D eigenvalue weighted by molar-refractivity contribution is 7.18. The second-order valence-electron chi connectivity index (χ2n) is 3.45. The molecule has 0 unspecified atom stereocenters. The predicted molar refractivity (Wildman–Crippen MR) is 55.1 cm³/mol. The Hall–Kier alpha value is -1.07. The molecule has 1 aliphatic rings. The zero-order chi connectivity index (χ0) is 9.38. The number of hydrogen-bond acceptors (Lipinski definition) is 5. The lowest BCUT2D eigenvalue weighted by molar-refractivity contribution is 0.685. The molecule has 72 valence electrons. The third-order valence-corrected chi connectivity index (χ3v) is 3.16. The molecule has 0 spiro atoms. The lowest BCUT2D eigenvalue weighted by Gasteiger charge is -1.95. The maximum atomic E-state index is 4.39. The molecule has 2 heterocycles. The van der Waals surface area contributed by atoms with Crippen molar-refractivity contribution in [2.24, 2.45) is 0 Å². The van der Waals surface area contributed by atoms with Gasteiger partial charge in [0, 0.05) is 25.0 Å². The molecule has 0 atom stereocenters. The largest absolute Gasteiger partial charge is 0.308 e. The lowest BCUT2D eigenvalue weighted by Crippen LogP contribution is -2.14. The Kier molecular flexibility index (Phi) is 1.92. The first kappa shape index (κ1) is 8.26. The summed E-state index contributed by atoms with van der Waals surface area (Å²) in [5.41, 5.74) is 0.769. The summed E-state index contributed by atoms with van der Waals surface area (Å²) < 4.78 is 0. The molecule has 2 aromatic rings. The average Bonchev–Trinajstić information content (AvgIpc) is 2.94. The Morgan fingerprint density at radius 1 is 1.36 bits per heavy atom. The highest BCUT2D eigenvalue weighted by Gasteiger charge is 2.20. The molecule has 2 aromatic heterocycles. The highest BCUT2D eigenvalue weighted by Crippen LogP contribution is 2.21. The number of hydrogen-bond donors (Lipinski definition) is 1. The Balaban J connectivity index is 1.82. The zero-order valence-corrected chi connectivity index (χ0v) is 8.42. The molecule has 1 saturated carbocycles. The van der Waals surface area contributed by atoms with Crippen molar-refractivity contribution in [2.75, 3.05) is 0 Å². The molecule has 1 fully saturated rings. The molecule has 0 aliphatic heterocycles. The van der Waals surface area contributed by atoms with Crippen molar-refractivity contribution >= 4 is 21.8 Å². The second kappa shape index (κ2) is 3.25. The van der Waals surface area contributed by atoms with Crippen molar-refractivity contribution in [1.82, 2.24) is 20.3 Å². The van der Waals surface area contributed by atoms with E-state index in [0.717, 1.165) is 28.1 Å². The van der Waals surface area contributed by atoms with Gasteiger partial charge in [-0.1, -0.05) is 11.3 Å². The molecule has 0 amide bonds. The van der Waals surface area contributed by atoms with Crippen LogP contribution in [0.3, 0.4) is 0 Å². The summed E-state index contributed by atoms with van der Waals surface area (Å²) in [6, 6.07) is 0.725. The van der Waals surface area contributed by atoms with E-state index in [0.29, 0.717) is 0 Å². The van der Waals surface area contributed by atoms with Crippen LogP contribution in [-0.2, 0) is 6.54 Å². The van der Waals surface area contributed by atoms with Crippen LogP contribution in [0.15, 0.2) is 12.4 Å². The normalized spacial score (nSPS) is 16.3. The average molecular weight is 206 g/mol. The summed E-state index contributed by atoms with van der Waals surface area (Å²) in [5, 5.41) is 4.51. The van der Waals surface area contributed by atoms with Crippen molar-refractivity contribution in [3.63, 3.8) is 0 Å². The van der Waals surface area contributed by atoms with E-state index < -0.39 is 0 Å². The minimum Gasteiger partial charge on any atom is -0.308 e. The van der Waals surface area contributed by atoms with Gasteiger partial charge in [0.1, 0.15) is 5.01 Å². The van der Waals surface area contributed by atoms with Crippen molar-refractivity contribution < 1.29 is 0 Å². The Bertz CT molecular complexity index is 416. The molecule has 14 heavy (non-hydrogen) atoms. The minimum absolute atomic E-state index is 0.725. The van der Waals surface area contributed by atoms with Gasteiger partial charge >= 0.3 is 0 Å². The fourth-order valence-corrected chi connectivity index (χ4v) is 2.13. The molecule has 1 N–H and O–H groups in total. The Morgan fingerprint density at radius 2 is 2.21 bits per heavy atom. The van der Waals surface area contributed by atoms with Crippen molar-refractivity contribution in [3.05, 3.63) is 17.4 Å². The standard InChI is InChI=1S/C9H10N4S/c1-2-6(1)12-5-7-13-8-9(14-7)11-4-3-10-8/h3-4,6,12H,1-2,5H2. The van der Waals surface area contributed by atoms with Gasteiger partial charge in [-0.25, -0.2) is 15.0 Å². The van der Waals surface area contributed by atoms with Gasteiger partial charge in [0.2, 0.25) is 0 Å². The van der Waals surface area contributed by atoms with E-state index in [1.54, 1.807) is 23.7 Å². The maximum Gasteiger partial charge on any atom is 0.189 e. The molecular weight excluding hydrogens is 196 g/mol. The number of rotatable bonds is 3. The molecule has 5 heteroatoms. The molecule has 1 aliphatic carbocycles. The van der Waals surface area contributed by atoms with Crippen molar-refractivity contribution in [2.45, 2.75) is 25.4 Å². The van der Waals surface area contributed by atoms with E-state index in [1.165, 1.54) is 12.8 Å². The molecular formula is C9H10N4S. The third kappa shape index (κ3) is 1.60. The van der Waals surface area contributed by atoms with Crippen LogP contribution in [0.5, 0.6) is 0 Å². The van der Waals surface area contributed by atoms with E-state index in [1.807, 2.05) is 0 Å². The topological polar surface area (TPSA) is 50.7 Å². The van der Waals surface area contributed by atoms with Crippen molar-refractivity contribution in [1.29, 1.82) is 0 Å². The van der Waals surface area contributed by atoms with Crippen LogP contribution >= 0.6 is 11.3 Å². The third-order valence-electron chi connectivity index (χ3n) is 2.21. The summed E-state index contributed by atoms with van der Waals surface area (Å²) >= 11 is 1.62. The van der Waals surface area contributed by atoms with Crippen LogP contribution in [-0.4, -0.2) is 21.0 Å². The number of nitrogens with one attached hydrogen (secondary N) is 1. The minimum atomic E-state index is 0.725. The first-order valence-corrected chi connectivity index (χ1v) is 5.53. The number of nitrogens with zero attached hydrogens (tertiary/aromatic N) is 3. The molecule has 0 radical (unpaired) electrons. The van der Waals surface area contributed by atoms with Crippen LogP contribution in [0.2, 0.25) is 0 Å². The zero-order valence-electron chi connectivity index (χ0n) is 7.60. The number of fused-ring (bicyclic) bond motifs is 1. The van der Waals surface area contributed by atoms with Gasteiger partial charge in [-0.3, -0.25) is 0 Å². The van der Waals surface area contributed by atoms with Crippen LogP contribution in [0, 0.1) is 0 Å². The maximum absolute atomic E-state index is 4.39. The van der Waals surface area contributed by atoms with Crippen LogP contribution in [0.4, 0.5) is 0 Å². The Labute approximate surface area is 85.4 Å². The summed E-state index contributed by atoms with van der Waals surface area (Å²) in [6.07, 6.45) is 6.00. The van der Waals surface area contributed by atoms with Gasteiger partial charge in [0.05, 0.1) is 0 Å². The van der Waals surface area contributed by atoms with Crippen LogP contribution in [0.25, 0.3) is 10.5 Å². The van der Waals surface area contributed by atoms with E-state index in [-0.39, 0.29) is 0 Å². The number of thiazole rings is 1.